The van der Waals surface area contributed by atoms with Crippen LogP contribution in [-0.2, 0) is 0 Å². The molecule has 0 saturated carbocycles. The summed E-state index contributed by atoms with van der Waals surface area (Å²) in [6, 6.07) is 2.25. The maximum absolute atomic E-state index is 5.99. The molecule has 1 aromatic heterocycles. The van der Waals surface area contributed by atoms with E-state index in [2.05, 4.69) is 24.9 Å². The molecule has 0 aliphatic carbocycles. The minimum atomic E-state index is 0. The predicted molar refractivity (Wildman–Crippen MR) is 62.7 cm³/mol. The molecule has 0 aliphatic heterocycles. The average molecular weight is 218 g/mol. The molecule has 1 nitrogen and oxygen atoms in total. The van der Waals surface area contributed by atoms with Crippen molar-refractivity contribution in [2.45, 2.75) is 26.3 Å². The minimum absolute atomic E-state index is 0. The van der Waals surface area contributed by atoms with Crippen LogP contribution in [0.15, 0.2) is 23.6 Å². The lowest BCUT2D eigenvalue weighted by Crippen LogP contribution is -2.09. The van der Waals surface area contributed by atoms with Crippen LogP contribution < -0.4 is 5.73 Å². The largest absolute Gasteiger partial charge is 0.323 e. The Kier molecular flexibility index (Phi) is 5.30. The van der Waals surface area contributed by atoms with Crippen LogP contribution in [0.3, 0.4) is 0 Å². The lowest BCUT2D eigenvalue weighted by atomic mass is 10.1. The van der Waals surface area contributed by atoms with Crippen molar-refractivity contribution >= 4 is 23.7 Å². The highest BCUT2D eigenvalue weighted by Gasteiger charge is 2.09. The third-order valence-electron chi connectivity index (χ3n) is 1.81. The van der Waals surface area contributed by atoms with Gasteiger partial charge < -0.3 is 5.73 Å². The van der Waals surface area contributed by atoms with Gasteiger partial charge in [-0.15, -0.1) is 30.3 Å². The number of aryl methyl sites for hydroxylation is 1. The van der Waals surface area contributed by atoms with E-state index in [0.29, 0.717) is 0 Å². The van der Waals surface area contributed by atoms with Gasteiger partial charge in [0, 0.05) is 10.9 Å². The third-order valence-corrected chi connectivity index (χ3v) is 2.96. The van der Waals surface area contributed by atoms with Crippen molar-refractivity contribution in [2.24, 2.45) is 5.73 Å². The van der Waals surface area contributed by atoms with Crippen molar-refractivity contribution in [3.63, 3.8) is 0 Å². The Hall–Kier alpha value is -0.310. The van der Waals surface area contributed by atoms with E-state index in [-0.39, 0.29) is 18.4 Å². The van der Waals surface area contributed by atoms with E-state index >= 15 is 0 Å². The molecule has 74 valence electrons. The standard InChI is InChI=1S/C10H15NS.ClH/c1-7(2)6-9(11)10-8(3)4-5-12-10;/h4-5,9H,1,6,11H2,2-3H3;1H/t9-;/m1./s1. The quantitative estimate of drug-likeness (QED) is 0.772. The summed E-state index contributed by atoms with van der Waals surface area (Å²) in [7, 11) is 0. The molecule has 0 radical (unpaired) electrons. The van der Waals surface area contributed by atoms with Gasteiger partial charge in [0.2, 0.25) is 0 Å². The Morgan fingerprint density at radius 2 is 2.31 bits per heavy atom. The van der Waals surface area contributed by atoms with Gasteiger partial charge in [0.05, 0.1) is 0 Å². The Balaban J connectivity index is 0.00000144. The molecule has 1 atom stereocenters. The molecule has 0 saturated heterocycles. The van der Waals surface area contributed by atoms with E-state index in [1.165, 1.54) is 10.4 Å². The zero-order chi connectivity index (χ0) is 9.14. The highest BCUT2D eigenvalue weighted by Crippen LogP contribution is 2.25. The summed E-state index contributed by atoms with van der Waals surface area (Å²) in [6.45, 7) is 7.98. The first-order chi connectivity index (χ1) is 5.61. The van der Waals surface area contributed by atoms with Crippen molar-refractivity contribution in [1.29, 1.82) is 0 Å². The molecule has 0 aromatic carbocycles. The number of thiophene rings is 1. The van der Waals surface area contributed by atoms with E-state index < -0.39 is 0 Å². The molecule has 13 heavy (non-hydrogen) atoms. The molecule has 0 amide bonds. The van der Waals surface area contributed by atoms with Crippen LogP contribution >= 0.6 is 23.7 Å². The fourth-order valence-electron chi connectivity index (χ4n) is 1.23. The number of rotatable bonds is 3. The fraction of sp³-hybridized carbons (Fsp3) is 0.400. The van der Waals surface area contributed by atoms with Gasteiger partial charge >= 0.3 is 0 Å². The predicted octanol–water partition coefficient (Wildman–Crippen LogP) is 3.44. The van der Waals surface area contributed by atoms with Crippen molar-refractivity contribution in [1.82, 2.24) is 0 Å². The summed E-state index contributed by atoms with van der Waals surface area (Å²) in [5.74, 6) is 0. The normalized spacial score (nSPS) is 11.9. The first-order valence-corrected chi connectivity index (χ1v) is 4.93. The third kappa shape index (κ3) is 3.51. The molecular formula is C10H16ClNS. The maximum atomic E-state index is 5.99. The number of nitrogens with two attached hydrogens (primary N) is 1. The summed E-state index contributed by atoms with van der Waals surface area (Å²) in [4.78, 5) is 1.29. The average Bonchev–Trinajstić information content (AvgIpc) is 2.33. The monoisotopic (exact) mass is 217 g/mol. The number of halogens is 1. The second kappa shape index (κ2) is 5.43. The van der Waals surface area contributed by atoms with E-state index in [1.54, 1.807) is 11.3 Å². The molecule has 0 spiro atoms. The van der Waals surface area contributed by atoms with Gasteiger partial charge in [-0.1, -0.05) is 5.57 Å². The highest BCUT2D eigenvalue weighted by molar-refractivity contribution is 7.10. The Morgan fingerprint density at radius 3 is 2.69 bits per heavy atom. The van der Waals surface area contributed by atoms with Gasteiger partial charge in [-0.25, -0.2) is 0 Å². The first kappa shape index (κ1) is 12.7. The fourth-order valence-corrected chi connectivity index (χ4v) is 2.16. The van der Waals surface area contributed by atoms with Crippen LogP contribution in [0.1, 0.15) is 29.8 Å². The van der Waals surface area contributed by atoms with Crippen molar-refractivity contribution in [3.05, 3.63) is 34.0 Å². The molecular weight excluding hydrogens is 202 g/mol. The number of hydrogen-bond donors (Lipinski definition) is 1. The molecule has 1 rings (SSSR count). The first-order valence-electron chi connectivity index (χ1n) is 4.05. The second-order valence-electron chi connectivity index (χ2n) is 3.24. The molecule has 0 unspecified atom stereocenters. The molecule has 3 heteroatoms. The van der Waals surface area contributed by atoms with Crippen molar-refractivity contribution < 1.29 is 0 Å². The smallest absolute Gasteiger partial charge is 0.0429 e. The van der Waals surface area contributed by atoms with Gasteiger partial charge in [0.15, 0.2) is 0 Å². The van der Waals surface area contributed by atoms with E-state index in [1.807, 2.05) is 6.92 Å². The lowest BCUT2D eigenvalue weighted by Gasteiger charge is -2.10. The molecule has 2 N–H and O–H groups in total. The topological polar surface area (TPSA) is 26.0 Å². The Morgan fingerprint density at radius 1 is 1.69 bits per heavy atom. The SMILES string of the molecule is C=C(C)C[C@@H](N)c1sccc1C.Cl. The number of hydrogen-bond acceptors (Lipinski definition) is 2. The van der Waals surface area contributed by atoms with Crippen molar-refractivity contribution in [3.8, 4) is 0 Å². The second-order valence-corrected chi connectivity index (χ2v) is 4.18. The summed E-state index contributed by atoms with van der Waals surface area (Å²) >= 11 is 1.73. The molecule has 1 heterocycles. The maximum Gasteiger partial charge on any atom is 0.0429 e. The summed E-state index contributed by atoms with van der Waals surface area (Å²) in [5, 5.41) is 2.09. The van der Waals surface area contributed by atoms with Crippen molar-refractivity contribution in [2.75, 3.05) is 0 Å². The lowest BCUT2D eigenvalue weighted by molar-refractivity contribution is 0.727. The minimum Gasteiger partial charge on any atom is -0.323 e. The van der Waals surface area contributed by atoms with E-state index in [4.69, 9.17) is 5.73 Å². The highest BCUT2D eigenvalue weighted by atomic mass is 35.5. The van der Waals surface area contributed by atoms with Crippen LogP contribution in [0.5, 0.6) is 0 Å². The molecule has 1 aromatic rings. The van der Waals surface area contributed by atoms with Crippen LogP contribution in [0.4, 0.5) is 0 Å². The van der Waals surface area contributed by atoms with Gasteiger partial charge in [0.1, 0.15) is 0 Å². The van der Waals surface area contributed by atoms with Crippen LogP contribution in [0, 0.1) is 6.92 Å². The summed E-state index contributed by atoms with van der Waals surface area (Å²) < 4.78 is 0. The van der Waals surface area contributed by atoms with E-state index in [0.717, 1.165) is 12.0 Å². The van der Waals surface area contributed by atoms with E-state index in [9.17, 15) is 0 Å². The summed E-state index contributed by atoms with van der Waals surface area (Å²) in [5.41, 5.74) is 8.44. The van der Waals surface area contributed by atoms with Crippen LogP contribution in [0.25, 0.3) is 0 Å². The molecule has 0 fully saturated rings. The molecule has 0 aliphatic rings. The molecule has 0 bridgehead atoms. The van der Waals surface area contributed by atoms with Gasteiger partial charge in [-0.05, 0) is 37.3 Å². The zero-order valence-electron chi connectivity index (χ0n) is 8.04. The van der Waals surface area contributed by atoms with Gasteiger partial charge in [0.25, 0.3) is 0 Å². The zero-order valence-corrected chi connectivity index (χ0v) is 9.67. The van der Waals surface area contributed by atoms with Gasteiger partial charge in [-0.3, -0.25) is 0 Å². The van der Waals surface area contributed by atoms with Gasteiger partial charge in [-0.2, -0.15) is 0 Å². The Bertz CT molecular complexity index is 280. The Labute approximate surface area is 90.1 Å². The summed E-state index contributed by atoms with van der Waals surface area (Å²) in [6.07, 6.45) is 0.890. The van der Waals surface area contributed by atoms with Crippen LogP contribution in [-0.4, -0.2) is 0 Å². The van der Waals surface area contributed by atoms with Crippen LogP contribution in [0.2, 0.25) is 0 Å².